The minimum Gasteiger partial charge on any atom is -0.351 e. The van der Waals surface area contributed by atoms with E-state index in [-0.39, 0.29) is 28.1 Å². The van der Waals surface area contributed by atoms with Crippen LogP contribution >= 0.6 is 11.6 Å². The fourth-order valence-corrected chi connectivity index (χ4v) is 1.82. The number of nitro benzene ring substituents is 1. The number of nitrogens with zero attached hydrogens (tertiary/aromatic N) is 1. The standard InChI is InChI=1S/C11H13ClN2O4S/c1-7(19(2)18)6-13-11(15)8-3-4-10(14(16)17)9(12)5-8/h3-5,7H,6H2,1-2H3,(H,13,15)/t7-,19-/m0/s1. The molecule has 1 aromatic rings. The van der Waals surface area contributed by atoms with E-state index in [1.54, 1.807) is 13.2 Å². The van der Waals surface area contributed by atoms with E-state index in [1.165, 1.54) is 18.2 Å². The molecule has 104 valence electrons. The highest BCUT2D eigenvalue weighted by atomic mass is 35.5. The first-order valence-corrected chi connectivity index (χ1v) is 7.37. The van der Waals surface area contributed by atoms with Crippen LogP contribution in [0.1, 0.15) is 17.3 Å². The van der Waals surface area contributed by atoms with Crippen LogP contribution in [0.15, 0.2) is 18.2 Å². The van der Waals surface area contributed by atoms with Gasteiger partial charge in [-0.1, -0.05) is 11.6 Å². The van der Waals surface area contributed by atoms with Crippen LogP contribution < -0.4 is 5.32 Å². The Kier molecular flexibility index (Phi) is 5.44. The zero-order valence-corrected chi connectivity index (χ0v) is 12.0. The molecule has 1 aromatic carbocycles. The number of halogens is 1. The van der Waals surface area contributed by atoms with Gasteiger partial charge in [0.15, 0.2) is 0 Å². The van der Waals surface area contributed by atoms with E-state index in [4.69, 9.17) is 11.6 Å². The number of nitro groups is 1. The van der Waals surface area contributed by atoms with Gasteiger partial charge in [0.2, 0.25) is 0 Å². The molecular formula is C11H13ClN2O4S. The van der Waals surface area contributed by atoms with E-state index >= 15 is 0 Å². The Hall–Kier alpha value is -1.47. The highest BCUT2D eigenvalue weighted by Crippen LogP contribution is 2.24. The molecule has 1 amide bonds. The number of benzene rings is 1. The molecule has 0 fully saturated rings. The molecule has 19 heavy (non-hydrogen) atoms. The molecule has 0 radical (unpaired) electrons. The molecule has 0 aliphatic rings. The second-order valence-electron chi connectivity index (χ2n) is 3.94. The average molecular weight is 305 g/mol. The Morgan fingerprint density at radius 3 is 2.68 bits per heavy atom. The third-order valence-corrected chi connectivity index (χ3v) is 4.13. The minimum absolute atomic E-state index is 0.0928. The predicted octanol–water partition coefficient (Wildman–Crippen LogP) is 1.75. The molecule has 8 heteroatoms. The summed E-state index contributed by atoms with van der Waals surface area (Å²) in [6, 6.07) is 3.74. The summed E-state index contributed by atoms with van der Waals surface area (Å²) in [5.41, 5.74) is -0.0223. The predicted molar refractivity (Wildman–Crippen MR) is 74.0 cm³/mol. The van der Waals surface area contributed by atoms with Gasteiger partial charge in [0, 0.05) is 40.5 Å². The summed E-state index contributed by atoms with van der Waals surface area (Å²) in [6.07, 6.45) is 1.56. The van der Waals surface area contributed by atoms with Gasteiger partial charge in [0.1, 0.15) is 5.02 Å². The van der Waals surface area contributed by atoms with Gasteiger partial charge in [0.25, 0.3) is 11.6 Å². The first-order valence-electron chi connectivity index (χ1n) is 5.37. The van der Waals surface area contributed by atoms with Crippen LogP contribution in [0.5, 0.6) is 0 Å². The highest BCUT2D eigenvalue weighted by Gasteiger charge is 2.16. The van der Waals surface area contributed by atoms with Crippen LogP contribution in [0.3, 0.4) is 0 Å². The van der Waals surface area contributed by atoms with E-state index < -0.39 is 21.6 Å². The van der Waals surface area contributed by atoms with Gasteiger partial charge in [-0.15, -0.1) is 0 Å². The largest absolute Gasteiger partial charge is 0.351 e. The molecule has 0 saturated heterocycles. The molecule has 0 aliphatic heterocycles. The van der Waals surface area contributed by atoms with Crippen LogP contribution in [0, 0.1) is 10.1 Å². The maximum Gasteiger partial charge on any atom is 0.287 e. The Balaban J connectivity index is 2.76. The fourth-order valence-electron chi connectivity index (χ4n) is 1.25. The summed E-state index contributed by atoms with van der Waals surface area (Å²) in [5.74, 6) is -0.408. The van der Waals surface area contributed by atoms with Gasteiger partial charge < -0.3 is 5.32 Å². The zero-order chi connectivity index (χ0) is 14.6. The Morgan fingerprint density at radius 2 is 2.21 bits per heavy atom. The van der Waals surface area contributed by atoms with Gasteiger partial charge in [-0.3, -0.25) is 19.1 Å². The van der Waals surface area contributed by atoms with Crippen molar-refractivity contribution in [3.63, 3.8) is 0 Å². The van der Waals surface area contributed by atoms with Crippen molar-refractivity contribution in [3.8, 4) is 0 Å². The molecule has 0 saturated carbocycles. The summed E-state index contributed by atoms with van der Waals surface area (Å²) in [5, 5.41) is 12.9. The van der Waals surface area contributed by atoms with Crippen molar-refractivity contribution in [2.24, 2.45) is 0 Å². The number of rotatable bonds is 5. The molecule has 2 atom stereocenters. The second kappa shape index (κ2) is 6.63. The topological polar surface area (TPSA) is 89.3 Å². The molecule has 0 aromatic heterocycles. The number of carbonyl (C=O) groups excluding carboxylic acids is 1. The Morgan fingerprint density at radius 1 is 1.58 bits per heavy atom. The quantitative estimate of drug-likeness (QED) is 0.663. The lowest BCUT2D eigenvalue weighted by atomic mass is 10.2. The van der Waals surface area contributed by atoms with Gasteiger partial charge >= 0.3 is 0 Å². The van der Waals surface area contributed by atoms with E-state index in [9.17, 15) is 19.1 Å². The van der Waals surface area contributed by atoms with Crippen molar-refractivity contribution >= 4 is 34.0 Å². The molecule has 0 unspecified atom stereocenters. The van der Waals surface area contributed by atoms with Gasteiger partial charge in [-0.05, 0) is 19.1 Å². The lowest BCUT2D eigenvalue weighted by Gasteiger charge is -2.10. The molecule has 1 rings (SSSR count). The number of amides is 1. The van der Waals surface area contributed by atoms with E-state index in [1.807, 2.05) is 0 Å². The van der Waals surface area contributed by atoms with Crippen molar-refractivity contribution in [1.29, 1.82) is 0 Å². The summed E-state index contributed by atoms with van der Waals surface area (Å²) in [6.45, 7) is 2.01. The summed E-state index contributed by atoms with van der Waals surface area (Å²) < 4.78 is 11.1. The highest BCUT2D eigenvalue weighted by molar-refractivity contribution is 7.84. The van der Waals surface area contributed by atoms with Crippen LogP contribution in [-0.2, 0) is 10.8 Å². The van der Waals surface area contributed by atoms with Gasteiger partial charge in [0.05, 0.1) is 4.92 Å². The van der Waals surface area contributed by atoms with Crippen molar-refractivity contribution in [2.75, 3.05) is 12.8 Å². The Bertz CT molecular complexity index is 535. The minimum atomic E-state index is -1.03. The number of hydrogen-bond acceptors (Lipinski definition) is 4. The first-order chi connectivity index (χ1) is 8.82. The molecule has 6 nitrogen and oxygen atoms in total. The number of carbonyl (C=O) groups is 1. The van der Waals surface area contributed by atoms with E-state index in [2.05, 4.69) is 5.32 Å². The molecule has 0 spiro atoms. The van der Waals surface area contributed by atoms with Crippen LogP contribution in [0.4, 0.5) is 5.69 Å². The van der Waals surface area contributed by atoms with Gasteiger partial charge in [-0.2, -0.15) is 0 Å². The SMILES string of the molecule is C[C@@H](CNC(=O)c1ccc([N+](=O)[O-])c(Cl)c1)[S@](C)=O. The summed E-state index contributed by atoms with van der Waals surface area (Å²) in [7, 11) is -1.03. The third kappa shape index (κ3) is 4.29. The monoisotopic (exact) mass is 304 g/mol. The van der Waals surface area contributed by atoms with Gasteiger partial charge in [-0.25, -0.2) is 0 Å². The smallest absolute Gasteiger partial charge is 0.287 e. The van der Waals surface area contributed by atoms with Crippen LogP contribution in [-0.4, -0.2) is 33.1 Å². The molecule has 1 N–H and O–H groups in total. The maximum absolute atomic E-state index is 11.8. The molecule has 0 bridgehead atoms. The third-order valence-electron chi connectivity index (χ3n) is 2.52. The Labute approximate surface area is 117 Å². The number of nitrogens with one attached hydrogen (secondary N) is 1. The van der Waals surface area contributed by atoms with E-state index in [0.29, 0.717) is 0 Å². The first kappa shape index (κ1) is 15.6. The summed E-state index contributed by atoms with van der Waals surface area (Å²) >= 11 is 5.71. The lowest BCUT2D eigenvalue weighted by Crippen LogP contribution is -2.32. The van der Waals surface area contributed by atoms with Crippen molar-refractivity contribution in [3.05, 3.63) is 38.9 Å². The van der Waals surface area contributed by atoms with E-state index in [0.717, 1.165) is 0 Å². The van der Waals surface area contributed by atoms with Crippen molar-refractivity contribution < 1.29 is 13.9 Å². The molecular weight excluding hydrogens is 292 g/mol. The summed E-state index contributed by atoms with van der Waals surface area (Å²) in [4.78, 5) is 21.7. The average Bonchev–Trinajstić information content (AvgIpc) is 2.34. The van der Waals surface area contributed by atoms with Crippen LogP contribution in [0.25, 0.3) is 0 Å². The van der Waals surface area contributed by atoms with Crippen molar-refractivity contribution in [2.45, 2.75) is 12.2 Å². The fraction of sp³-hybridized carbons (Fsp3) is 0.364. The second-order valence-corrected chi connectivity index (χ2v) is 6.15. The normalized spacial score (nSPS) is 13.6. The molecule has 0 aliphatic carbocycles. The maximum atomic E-state index is 11.8. The molecule has 0 heterocycles. The van der Waals surface area contributed by atoms with Crippen LogP contribution in [0.2, 0.25) is 5.02 Å². The van der Waals surface area contributed by atoms with Crippen molar-refractivity contribution in [1.82, 2.24) is 5.32 Å². The number of hydrogen-bond donors (Lipinski definition) is 1. The lowest BCUT2D eigenvalue weighted by molar-refractivity contribution is -0.384. The zero-order valence-electron chi connectivity index (χ0n) is 10.4.